The molecule has 1 fully saturated rings. The summed E-state index contributed by atoms with van der Waals surface area (Å²) in [6.07, 6.45) is 2.70. The molecule has 0 unspecified atom stereocenters. The molecule has 0 radical (unpaired) electrons. The monoisotopic (exact) mass is 359 g/mol. The maximum Gasteiger partial charge on any atom is 0.225 e. The van der Waals surface area contributed by atoms with E-state index in [1.165, 1.54) is 0 Å². The van der Waals surface area contributed by atoms with Crippen LogP contribution in [0.1, 0.15) is 37.2 Å². The van der Waals surface area contributed by atoms with Crippen molar-refractivity contribution in [1.29, 1.82) is 0 Å². The van der Waals surface area contributed by atoms with E-state index in [0.29, 0.717) is 11.0 Å². The number of benzene rings is 1. The maximum absolute atomic E-state index is 10.5. The number of nitrogens with zero attached hydrogens (tertiary/aromatic N) is 4. The van der Waals surface area contributed by atoms with E-state index in [4.69, 9.17) is 4.98 Å². The normalized spacial score (nSPS) is 15.2. The summed E-state index contributed by atoms with van der Waals surface area (Å²) in [6.45, 7) is 3.95. The van der Waals surface area contributed by atoms with Gasteiger partial charge < -0.3 is 10.4 Å². The van der Waals surface area contributed by atoms with E-state index in [9.17, 15) is 5.11 Å². The van der Waals surface area contributed by atoms with Crippen LogP contribution in [-0.4, -0.2) is 37.9 Å². The van der Waals surface area contributed by atoms with Gasteiger partial charge in [0, 0.05) is 5.92 Å². The molecule has 4 rings (SSSR count). The standard InChI is InChI=1S/C18H21N5O.ClH/c1-2-14-15-17(23(22-14)13-6-4-3-5-7-13)20-16(21-18(15)24)12-8-10-19-11-9-12;/h3-7,12,19H,2,8-11H2,1H3,(H,20,21,24);1H. The van der Waals surface area contributed by atoms with Gasteiger partial charge in [-0.1, -0.05) is 25.1 Å². The van der Waals surface area contributed by atoms with Crippen LogP contribution in [0.2, 0.25) is 0 Å². The molecule has 1 aromatic carbocycles. The molecule has 132 valence electrons. The van der Waals surface area contributed by atoms with Crippen molar-refractivity contribution in [3.05, 3.63) is 41.9 Å². The molecular weight excluding hydrogens is 338 g/mol. The van der Waals surface area contributed by atoms with Crippen molar-refractivity contribution in [2.24, 2.45) is 0 Å². The molecule has 3 aromatic rings. The number of piperidine rings is 1. The molecule has 1 aliphatic rings. The van der Waals surface area contributed by atoms with Crippen LogP contribution in [0.15, 0.2) is 30.3 Å². The highest BCUT2D eigenvalue weighted by atomic mass is 35.5. The van der Waals surface area contributed by atoms with Gasteiger partial charge in [0.05, 0.1) is 11.4 Å². The first-order valence-electron chi connectivity index (χ1n) is 8.52. The Balaban J connectivity index is 0.00000182. The molecule has 0 bridgehead atoms. The number of hydrogen-bond donors (Lipinski definition) is 2. The molecule has 25 heavy (non-hydrogen) atoms. The molecule has 2 N–H and O–H groups in total. The number of aromatic nitrogens is 4. The van der Waals surface area contributed by atoms with Crippen LogP contribution in [0.25, 0.3) is 16.7 Å². The zero-order valence-electron chi connectivity index (χ0n) is 14.1. The zero-order chi connectivity index (χ0) is 16.5. The van der Waals surface area contributed by atoms with Gasteiger partial charge in [0.25, 0.3) is 0 Å². The molecule has 0 atom stereocenters. The van der Waals surface area contributed by atoms with Gasteiger partial charge in [0.15, 0.2) is 5.65 Å². The number of aryl methyl sites for hydroxylation is 1. The van der Waals surface area contributed by atoms with Crippen LogP contribution in [0, 0.1) is 0 Å². The van der Waals surface area contributed by atoms with Gasteiger partial charge in [-0.05, 0) is 44.5 Å². The molecular formula is C18H22ClN5O. The third kappa shape index (κ3) is 3.19. The molecule has 0 saturated carbocycles. The summed E-state index contributed by atoms with van der Waals surface area (Å²) in [5.41, 5.74) is 2.46. The molecule has 3 heterocycles. The number of fused-ring (bicyclic) bond motifs is 1. The maximum atomic E-state index is 10.5. The summed E-state index contributed by atoms with van der Waals surface area (Å²) in [6, 6.07) is 9.92. The fourth-order valence-corrected chi connectivity index (χ4v) is 3.34. The number of nitrogens with one attached hydrogen (secondary N) is 1. The quantitative estimate of drug-likeness (QED) is 0.751. The van der Waals surface area contributed by atoms with Gasteiger partial charge in [0.2, 0.25) is 5.88 Å². The topological polar surface area (TPSA) is 75.9 Å². The molecule has 1 aliphatic heterocycles. The highest BCUT2D eigenvalue weighted by molar-refractivity contribution is 5.85. The lowest BCUT2D eigenvalue weighted by atomic mass is 9.97. The van der Waals surface area contributed by atoms with Gasteiger partial charge >= 0.3 is 0 Å². The Morgan fingerprint density at radius 3 is 2.56 bits per heavy atom. The Bertz CT molecular complexity index is 859. The van der Waals surface area contributed by atoms with Gasteiger partial charge in [-0.15, -0.1) is 12.4 Å². The molecule has 0 amide bonds. The molecule has 0 spiro atoms. The van der Waals surface area contributed by atoms with Gasteiger partial charge in [-0.3, -0.25) is 0 Å². The summed E-state index contributed by atoms with van der Waals surface area (Å²) in [5.74, 6) is 1.06. The van der Waals surface area contributed by atoms with Crippen molar-refractivity contribution in [3.8, 4) is 11.6 Å². The number of hydrogen-bond acceptors (Lipinski definition) is 5. The predicted octanol–water partition coefficient (Wildman–Crippen LogP) is 2.97. The van der Waals surface area contributed by atoms with Crippen molar-refractivity contribution >= 4 is 23.4 Å². The van der Waals surface area contributed by atoms with E-state index in [1.807, 2.05) is 41.9 Å². The molecule has 7 heteroatoms. The molecule has 2 aromatic heterocycles. The number of rotatable bonds is 3. The van der Waals surface area contributed by atoms with Crippen LogP contribution in [0.5, 0.6) is 5.88 Å². The van der Waals surface area contributed by atoms with E-state index >= 15 is 0 Å². The van der Waals surface area contributed by atoms with Crippen LogP contribution in [0.3, 0.4) is 0 Å². The Kier molecular flexibility index (Phi) is 5.20. The molecule has 6 nitrogen and oxygen atoms in total. The fraction of sp³-hybridized carbons (Fsp3) is 0.389. The summed E-state index contributed by atoms with van der Waals surface area (Å²) < 4.78 is 1.82. The van der Waals surface area contributed by atoms with Crippen LogP contribution >= 0.6 is 12.4 Å². The SMILES string of the molecule is CCc1nn(-c2ccccc2)c2nc(C3CCNCC3)nc(O)c12.Cl. The van der Waals surface area contributed by atoms with E-state index < -0.39 is 0 Å². The summed E-state index contributed by atoms with van der Waals surface area (Å²) >= 11 is 0. The van der Waals surface area contributed by atoms with Crippen molar-refractivity contribution in [2.75, 3.05) is 13.1 Å². The first kappa shape index (κ1) is 17.6. The molecule has 0 aliphatic carbocycles. The second-order valence-electron chi connectivity index (χ2n) is 6.18. The Labute approximate surface area is 152 Å². The first-order chi connectivity index (χ1) is 11.8. The Morgan fingerprint density at radius 1 is 1.16 bits per heavy atom. The van der Waals surface area contributed by atoms with Gasteiger partial charge in [-0.25, -0.2) is 9.67 Å². The zero-order valence-corrected chi connectivity index (χ0v) is 15.0. The van der Waals surface area contributed by atoms with E-state index in [2.05, 4.69) is 15.4 Å². The Hall–Kier alpha value is -2.18. The number of halogens is 1. The van der Waals surface area contributed by atoms with Gasteiger partial charge in [-0.2, -0.15) is 10.1 Å². The summed E-state index contributed by atoms with van der Waals surface area (Å²) in [5, 5.41) is 19.2. The Morgan fingerprint density at radius 2 is 1.88 bits per heavy atom. The van der Waals surface area contributed by atoms with Crippen LogP contribution < -0.4 is 5.32 Å². The predicted molar refractivity (Wildman–Crippen MR) is 99.8 cm³/mol. The fourth-order valence-electron chi connectivity index (χ4n) is 3.34. The summed E-state index contributed by atoms with van der Waals surface area (Å²) in [7, 11) is 0. The third-order valence-electron chi connectivity index (χ3n) is 4.64. The van der Waals surface area contributed by atoms with E-state index in [-0.39, 0.29) is 24.2 Å². The average molecular weight is 360 g/mol. The average Bonchev–Trinajstić information content (AvgIpc) is 3.02. The second-order valence-corrected chi connectivity index (χ2v) is 6.18. The van der Waals surface area contributed by atoms with Crippen molar-refractivity contribution in [2.45, 2.75) is 32.1 Å². The lowest BCUT2D eigenvalue weighted by Crippen LogP contribution is -2.27. The number of para-hydroxylation sites is 1. The number of aromatic hydroxyl groups is 1. The van der Waals surface area contributed by atoms with Gasteiger partial charge in [0.1, 0.15) is 11.2 Å². The highest BCUT2D eigenvalue weighted by Gasteiger charge is 2.23. The van der Waals surface area contributed by atoms with Crippen molar-refractivity contribution < 1.29 is 5.11 Å². The minimum atomic E-state index is 0. The molecule has 1 saturated heterocycles. The second kappa shape index (κ2) is 7.37. The van der Waals surface area contributed by atoms with Crippen molar-refractivity contribution in [1.82, 2.24) is 25.1 Å². The largest absolute Gasteiger partial charge is 0.493 e. The van der Waals surface area contributed by atoms with Crippen LogP contribution in [0.4, 0.5) is 0 Å². The lowest BCUT2D eigenvalue weighted by Gasteiger charge is -2.21. The minimum absolute atomic E-state index is 0. The van der Waals surface area contributed by atoms with Crippen LogP contribution in [-0.2, 0) is 6.42 Å². The van der Waals surface area contributed by atoms with E-state index in [0.717, 1.165) is 49.6 Å². The summed E-state index contributed by atoms with van der Waals surface area (Å²) in [4.78, 5) is 9.21. The lowest BCUT2D eigenvalue weighted by molar-refractivity contribution is 0.424. The van der Waals surface area contributed by atoms with E-state index in [1.54, 1.807) is 0 Å². The highest BCUT2D eigenvalue weighted by Crippen LogP contribution is 2.31. The minimum Gasteiger partial charge on any atom is -0.493 e. The van der Waals surface area contributed by atoms with Crippen molar-refractivity contribution in [3.63, 3.8) is 0 Å². The smallest absolute Gasteiger partial charge is 0.225 e. The third-order valence-corrected chi connectivity index (χ3v) is 4.64. The first-order valence-corrected chi connectivity index (χ1v) is 8.52.